The molecule has 0 atom stereocenters. The van der Waals surface area contributed by atoms with Gasteiger partial charge in [0.1, 0.15) is 0 Å². The van der Waals surface area contributed by atoms with Crippen molar-refractivity contribution in [2.45, 2.75) is 18.9 Å². The van der Waals surface area contributed by atoms with Gasteiger partial charge >= 0.3 is 0 Å². The lowest BCUT2D eigenvalue weighted by molar-refractivity contribution is 0.00745. The van der Waals surface area contributed by atoms with E-state index in [2.05, 4.69) is 11.3 Å². The SMILES string of the molecule is [CH]1CC(N2CCOCC2)C1. The summed E-state index contributed by atoms with van der Waals surface area (Å²) >= 11 is 0. The Morgan fingerprint density at radius 1 is 1.20 bits per heavy atom. The maximum Gasteiger partial charge on any atom is 0.0594 e. The number of nitrogens with zero attached hydrogens (tertiary/aromatic N) is 1. The van der Waals surface area contributed by atoms with Gasteiger partial charge in [-0.15, -0.1) is 0 Å². The average Bonchev–Trinajstić information content (AvgIpc) is 1.86. The van der Waals surface area contributed by atoms with Crippen molar-refractivity contribution in [3.8, 4) is 0 Å². The standard InChI is InChI=1S/C8H14NO/c1-2-8(3-1)9-4-6-10-7-5-9/h1,8H,2-7H2. The predicted molar refractivity (Wildman–Crippen MR) is 39.7 cm³/mol. The molecule has 1 saturated carbocycles. The molecule has 57 valence electrons. The van der Waals surface area contributed by atoms with Crippen molar-refractivity contribution in [2.24, 2.45) is 0 Å². The van der Waals surface area contributed by atoms with E-state index in [4.69, 9.17) is 4.74 Å². The van der Waals surface area contributed by atoms with E-state index in [0.29, 0.717) is 0 Å². The molecule has 0 bridgehead atoms. The van der Waals surface area contributed by atoms with Crippen LogP contribution >= 0.6 is 0 Å². The topological polar surface area (TPSA) is 12.5 Å². The summed E-state index contributed by atoms with van der Waals surface area (Å²) in [6, 6.07) is 0.865. The fourth-order valence-electron chi connectivity index (χ4n) is 1.56. The quantitative estimate of drug-likeness (QED) is 0.531. The highest BCUT2D eigenvalue weighted by atomic mass is 16.5. The van der Waals surface area contributed by atoms with E-state index in [0.717, 1.165) is 32.3 Å². The van der Waals surface area contributed by atoms with Gasteiger partial charge in [0.15, 0.2) is 0 Å². The molecule has 2 heteroatoms. The van der Waals surface area contributed by atoms with Gasteiger partial charge in [0.25, 0.3) is 0 Å². The summed E-state index contributed by atoms with van der Waals surface area (Å²) in [4.78, 5) is 2.55. The molecule has 0 spiro atoms. The lowest BCUT2D eigenvalue weighted by atomic mass is 9.91. The molecular weight excluding hydrogens is 126 g/mol. The highest BCUT2D eigenvalue weighted by molar-refractivity contribution is 4.92. The minimum Gasteiger partial charge on any atom is -0.379 e. The van der Waals surface area contributed by atoms with Crippen LogP contribution in [0.2, 0.25) is 0 Å². The van der Waals surface area contributed by atoms with Crippen molar-refractivity contribution < 1.29 is 4.74 Å². The Hall–Kier alpha value is -0.0800. The first-order chi connectivity index (χ1) is 4.97. The summed E-state index contributed by atoms with van der Waals surface area (Å²) in [6.45, 7) is 4.18. The fourth-order valence-corrected chi connectivity index (χ4v) is 1.56. The summed E-state index contributed by atoms with van der Waals surface area (Å²) < 4.78 is 5.27. The Morgan fingerprint density at radius 2 is 1.90 bits per heavy atom. The van der Waals surface area contributed by atoms with Gasteiger partial charge in [0.05, 0.1) is 13.2 Å². The number of hydrogen-bond acceptors (Lipinski definition) is 2. The lowest BCUT2D eigenvalue weighted by Gasteiger charge is -2.39. The fraction of sp³-hybridized carbons (Fsp3) is 0.875. The molecule has 2 rings (SSSR count). The highest BCUT2D eigenvalue weighted by Gasteiger charge is 2.25. The van der Waals surface area contributed by atoms with E-state index in [1.54, 1.807) is 0 Å². The third-order valence-corrected chi connectivity index (χ3v) is 2.44. The van der Waals surface area contributed by atoms with Crippen molar-refractivity contribution in [3.05, 3.63) is 6.42 Å². The molecule has 2 fully saturated rings. The van der Waals surface area contributed by atoms with E-state index in [1.165, 1.54) is 12.8 Å². The summed E-state index contributed by atoms with van der Waals surface area (Å²) in [7, 11) is 0. The summed E-state index contributed by atoms with van der Waals surface area (Å²) in [5.74, 6) is 0. The zero-order valence-corrected chi connectivity index (χ0v) is 6.25. The first-order valence-corrected chi connectivity index (χ1v) is 4.10. The van der Waals surface area contributed by atoms with E-state index in [1.807, 2.05) is 0 Å². The number of ether oxygens (including phenoxy) is 1. The lowest BCUT2D eigenvalue weighted by Crippen LogP contribution is -2.46. The van der Waals surface area contributed by atoms with E-state index < -0.39 is 0 Å². The Bertz CT molecular complexity index is 106. The van der Waals surface area contributed by atoms with Gasteiger partial charge in [0.2, 0.25) is 0 Å². The van der Waals surface area contributed by atoms with Crippen molar-refractivity contribution >= 4 is 0 Å². The molecule has 0 N–H and O–H groups in total. The maximum atomic E-state index is 5.27. The Balaban J connectivity index is 1.78. The van der Waals surface area contributed by atoms with Gasteiger partial charge in [-0.1, -0.05) is 0 Å². The average molecular weight is 140 g/mol. The smallest absolute Gasteiger partial charge is 0.0594 e. The molecule has 1 aliphatic carbocycles. The molecule has 0 amide bonds. The third-order valence-electron chi connectivity index (χ3n) is 2.44. The van der Waals surface area contributed by atoms with Crippen LogP contribution in [0.3, 0.4) is 0 Å². The van der Waals surface area contributed by atoms with Crippen molar-refractivity contribution in [2.75, 3.05) is 26.3 Å². The Labute approximate surface area is 62.2 Å². The molecule has 1 radical (unpaired) electrons. The van der Waals surface area contributed by atoms with Gasteiger partial charge in [-0.3, -0.25) is 4.90 Å². The number of rotatable bonds is 1. The zero-order valence-electron chi connectivity index (χ0n) is 6.25. The Kier molecular flexibility index (Phi) is 1.91. The first kappa shape index (κ1) is 6.62. The highest BCUT2D eigenvalue weighted by Crippen LogP contribution is 2.23. The van der Waals surface area contributed by atoms with Crippen LogP contribution in [0.4, 0.5) is 0 Å². The molecule has 10 heavy (non-hydrogen) atoms. The van der Waals surface area contributed by atoms with Crippen LogP contribution in [0, 0.1) is 6.42 Å². The van der Waals surface area contributed by atoms with Crippen LogP contribution in [-0.2, 0) is 4.74 Å². The van der Waals surface area contributed by atoms with Crippen molar-refractivity contribution in [3.63, 3.8) is 0 Å². The van der Waals surface area contributed by atoms with Crippen LogP contribution < -0.4 is 0 Å². The summed E-state index contributed by atoms with van der Waals surface area (Å²) in [6.07, 6.45) is 4.97. The number of morpholine rings is 1. The van der Waals surface area contributed by atoms with Crippen LogP contribution in [0.25, 0.3) is 0 Å². The largest absolute Gasteiger partial charge is 0.379 e. The summed E-state index contributed by atoms with van der Waals surface area (Å²) in [5.41, 5.74) is 0. The molecular formula is C8H14NO. The second-order valence-electron chi connectivity index (χ2n) is 3.06. The monoisotopic (exact) mass is 140 g/mol. The molecule has 1 heterocycles. The molecule has 1 saturated heterocycles. The molecule has 0 aromatic carbocycles. The first-order valence-electron chi connectivity index (χ1n) is 4.10. The van der Waals surface area contributed by atoms with Crippen molar-refractivity contribution in [1.29, 1.82) is 0 Å². The molecule has 0 unspecified atom stereocenters. The summed E-state index contributed by atoms with van der Waals surface area (Å²) in [5, 5.41) is 0. The molecule has 0 aromatic heterocycles. The van der Waals surface area contributed by atoms with Gasteiger partial charge in [-0.25, -0.2) is 0 Å². The zero-order chi connectivity index (χ0) is 6.81. The molecule has 0 aromatic rings. The van der Waals surface area contributed by atoms with Crippen molar-refractivity contribution in [1.82, 2.24) is 4.90 Å². The minimum atomic E-state index is 0.865. The minimum absolute atomic E-state index is 0.865. The van der Waals surface area contributed by atoms with Gasteiger partial charge < -0.3 is 4.74 Å². The molecule has 2 nitrogen and oxygen atoms in total. The van der Waals surface area contributed by atoms with E-state index in [-0.39, 0.29) is 0 Å². The van der Waals surface area contributed by atoms with Crippen LogP contribution in [0.15, 0.2) is 0 Å². The van der Waals surface area contributed by atoms with Gasteiger partial charge in [-0.05, 0) is 19.3 Å². The van der Waals surface area contributed by atoms with E-state index in [9.17, 15) is 0 Å². The second-order valence-corrected chi connectivity index (χ2v) is 3.06. The van der Waals surface area contributed by atoms with Crippen LogP contribution in [0.5, 0.6) is 0 Å². The molecule has 1 aliphatic heterocycles. The second kappa shape index (κ2) is 2.89. The molecule has 2 aliphatic rings. The maximum absolute atomic E-state index is 5.27. The predicted octanol–water partition coefficient (Wildman–Crippen LogP) is 0.685. The van der Waals surface area contributed by atoms with Gasteiger partial charge in [-0.2, -0.15) is 0 Å². The van der Waals surface area contributed by atoms with E-state index >= 15 is 0 Å². The third kappa shape index (κ3) is 1.18. The van der Waals surface area contributed by atoms with Crippen LogP contribution in [-0.4, -0.2) is 37.2 Å². The normalized spacial score (nSPS) is 30.0. The van der Waals surface area contributed by atoms with Crippen LogP contribution in [0.1, 0.15) is 12.8 Å². The number of hydrogen-bond donors (Lipinski definition) is 0. The Morgan fingerprint density at radius 3 is 2.40 bits per heavy atom. The van der Waals surface area contributed by atoms with Gasteiger partial charge in [0, 0.05) is 19.1 Å².